The quantitative estimate of drug-likeness (QED) is 0.304. The van der Waals surface area contributed by atoms with Gasteiger partial charge in [-0.25, -0.2) is 4.98 Å². The molecule has 0 aliphatic heterocycles. The van der Waals surface area contributed by atoms with Crippen molar-refractivity contribution in [3.05, 3.63) is 95.5 Å². The number of nitrogens with zero attached hydrogens (tertiary/aromatic N) is 3. The highest BCUT2D eigenvalue weighted by atomic mass is 35.5. The fraction of sp³-hybridized carbons (Fsp3) is 0.214. The number of hydrogen-bond donors (Lipinski definition) is 2. The van der Waals surface area contributed by atoms with Gasteiger partial charge in [-0.15, -0.1) is 0 Å². The molecule has 0 atom stereocenters. The molecule has 4 aromatic rings. The number of fused-ring (bicyclic) bond motifs is 1. The molecule has 5 nitrogen and oxygen atoms in total. The van der Waals surface area contributed by atoms with Crippen LogP contribution in [0.25, 0.3) is 33.7 Å². The lowest BCUT2D eigenvalue weighted by atomic mass is 9.72. The van der Waals surface area contributed by atoms with Crippen molar-refractivity contribution in [2.45, 2.75) is 38.6 Å². The van der Waals surface area contributed by atoms with Crippen LogP contribution < -0.4 is 5.73 Å². The molecule has 5 rings (SSSR count). The standard InChI is InChI=1S/C28H28ClN5/c1-4-6-8-19(5-2)26-25(20-9-11-21(12-10-20)28(30)14-7-15-28)32-27-24(23-13-16-31-33-23)18(3)22(29)17-34(26)27/h4-6,8-13,16-17H,1,7,14-15,30H2,2-3H3,(H,31,33)/b8-6-,19-5+. The highest BCUT2D eigenvalue weighted by Crippen LogP contribution is 2.41. The molecule has 1 aliphatic rings. The van der Waals surface area contributed by atoms with Gasteiger partial charge in [-0.1, -0.05) is 66.7 Å². The first kappa shape index (κ1) is 22.4. The van der Waals surface area contributed by atoms with Gasteiger partial charge in [0.05, 0.1) is 22.1 Å². The molecule has 0 spiro atoms. The molecule has 0 bridgehead atoms. The summed E-state index contributed by atoms with van der Waals surface area (Å²) in [5.74, 6) is 0. The number of allylic oxidation sites excluding steroid dienone is 5. The second kappa shape index (κ2) is 8.75. The number of aromatic nitrogens is 4. The van der Waals surface area contributed by atoms with E-state index in [0.29, 0.717) is 5.02 Å². The summed E-state index contributed by atoms with van der Waals surface area (Å²) < 4.78 is 2.08. The van der Waals surface area contributed by atoms with Gasteiger partial charge in [0, 0.05) is 29.1 Å². The smallest absolute Gasteiger partial charge is 0.147 e. The number of H-pyrrole nitrogens is 1. The second-order valence-electron chi connectivity index (χ2n) is 8.88. The van der Waals surface area contributed by atoms with Gasteiger partial charge in [0.25, 0.3) is 0 Å². The summed E-state index contributed by atoms with van der Waals surface area (Å²) in [6.45, 7) is 7.86. The summed E-state index contributed by atoms with van der Waals surface area (Å²) in [7, 11) is 0. The highest BCUT2D eigenvalue weighted by Gasteiger charge is 2.34. The first-order chi connectivity index (χ1) is 16.5. The Morgan fingerprint density at radius 3 is 2.59 bits per heavy atom. The number of halogens is 1. The Hall–Kier alpha value is -3.41. The monoisotopic (exact) mass is 469 g/mol. The third-order valence-corrected chi connectivity index (χ3v) is 7.24. The number of hydrogen-bond acceptors (Lipinski definition) is 3. The Morgan fingerprint density at radius 2 is 2.00 bits per heavy atom. The van der Waals surface area contributed by atoms with E-state index in [4.69, 9.17) is 22.3 Å². The Bertz CT molecular complexity index is 1420. The zero-order valence-corrected chi connectivity index (χ0v) is 20.2. The van der Waals surface area contributed by atoms with Gasteiger partial charge in [0.15, 0.2) is 0 Å². The van der Waals surface area contributed by atoms with Crippen molar-refractivity contribution in [3.8, 4) is 22.5 Å². The summed E-state index contributed by atoms with van der Waals surface area (Å²) in [5.41, 5.74) is 15.0. The van der Waals surface area contributed by atoms with E-state index in [-0.39, 0.29) is 5.54 Å². The van der Waals surface area contributed by atoms with Crippen LogP contribution in [0.1, 0.15) is 43.0 Å². The number of benzene rings is 1. The molecule has 1 aromatic carbocycles. The third kappa shape index (κ3) is 3.61. The zero-order valence-electron chi connectivity index (χ0n) is 19.5. The predicted molar refractivity (Wildman–Crippen MR) is 141 cm³/mol. The van der Waals surface area contributed by atoms with Crippen LogP contribution in [-0.2, 0) is 5.54 Å². The molecule has 0 amide bonds. The lowest BCUT2D eigenvalue weighted by molar-refractivity contribution is 0.253. The molecule has 1 aliphatic carbocycles. The second-order valence-corrected chi connectivity index (χ2v) is 9.28. The van der Waals surface area contributed by atoms with Gasteiger partial charge < -0.3 is 5.73 Å². The molecule has 1 saturated carbocycles. The molecular formula is C28H28ClN5. The minimum Gasteiger partial charge on any atom is -0.321 e. The fourth-order valence-corrected chi connectivity index (χ4v) is 4.91. The highest BCUT2D eigenvalue weighted by molar-refractivity contribution is 6.31. The summed E-state index contributed by atoms with van der Waals surface area (Å²) in [6.07, 6.45) is 14.8. The van der Waals surface area contributed by atoms with Crippen LogP contribution >= 0.6 is 11.6 Å². The van der Waals surface area contributed by atoms with Crippen molar-refractivity contribution in [2.75, 3.05) is 0 Å². The molecule has 34 heavy (non-hydrogen) atoms. The molecule has 3 N–H and O–H groups in total. The van der Waals surface area contributed by atoms with E-state index in [1.165, 1.54) is 12.0 Å². The van der Waals surface area contributed by atoms with Crippen molar-refractivity contribution in [1.82, 2.24) is 19.6 Å². The fourth-order valence-electron chi connectivity index (χ4n) is 4.72. The van der Waals surface area contributed by atoms with Gasteiger partial charge in [0.2, 0.25) is 0 Å². The van der Waals surface area contributed by atoms with Crippen molar-refractivity contribution in [1.29, 1.82) is 0 Å². The maximum atomic E-state index is 6.73. The molecule has 172 valence electrons. The van der Waals surface area contributed by atoms with Crippen LogP contribution in [0.5, 0.6) is 0 Å². The normalized spacial score (nSPS) is 15.7. The van der Waals surface area contributed by atoms with Crippen molar-refractivity contribution in [3.63, 3.8) is 0 Å². The molecule has 1 fully saturated rings. The molecular weight excluding hydrogens is 442 g/mol. The molecule has 0 saturated heterocycles. The first-order valence-electron chi connectivity index (χ1n) is 11.5. The number of rotatable bonds is 6. The SMILES string of the molecule is C=C/C=C\C(=C/C)c1c(-c2ccc(C3(N)CCC3)cc2)nc2c(-c3ccn[nH]3)c(C)c(Cl)cn12. The first-order valence-corrected chi connectivity index (χ1v) is 11.9. The Kier molecular flexibility index (Phi) is 5.76. The minimum atomic E-state index is -0.195. The molecule has 0 unspecified atom stereocenters. The molecule has 3 aromatic heterocycles. The number of nitrogens with two attached hydrogens (primary N) is 1. The van der Waals surface area contributed by atoms with Crippen LogP contribution in [0.4, 0.5) is 0 Å². The van der Waals surface area contributed by atoms with Crippen molar-refractivity contribution in [2.24, 2.45) is 5.73 Å². The van der Waals surface area contributed by atoms with E-state index in [2.05, 4.69) is 51.5 Å². The van der Waals surface area contributed by atoms with Gasteiger partial charge >= 0.3 is 0 Å². The van der Waals surface area contributed by atoms with Crippen LogP contribution in [0.3, 0.4) is 0 Å². The van der Waals surface area contributed by atoms with Crippen molar-refractivity contribution >= 4 is 22.8 Å². The number of imidazole rings is 1. The Labute approximate surface area is 204 Å². The van der Waals surface area contributed by atoms with Crippen LogP contribution in [0.2, 0.25) is 5.02 Å². The number of pyridine rings is 1. The minimum absolute atomic E-state index is 0.195. The summed E-state index contributed by atoms with van der Waals surface area (Å²) in [5, 5.41) is 7.89. The summed E-state index contributed by atoms with van der Waals surface area (Å²) in [6, 6.07) is 10.5. The topological polar surface area (TPSA) is 72.0 Å². The third-order valence-electron chi connectivity index (χ3n) is 6.86. The van der Waals surface area contributed by atoms with E-state index >= 15 is 0 Å². The van der Waals surface area contributed by atoms with Crippen LogP contribution in [0, 0.1) is 6.92 Å². The van der Waals surface area contributed by atoms with E-state index in [1.807, 2.05) is 38.3 Å². The Balaban J connectivity index is 1.78. The largest absolute Gasteiger partial charge is 0.321 e. The number of aromatic amines is 1. The average molecular weight is 470 g/mol. The van der Waals surface area contributed by atoms with Gasteiger partial charge in [0.1, 0.15) is 5.65 Å². The molecule has 0 radical (unpaired) electrons. The van der Waals surface area contributed by atoms with Gasteiger partial charge in [-0.2, -0.15) is 5.10 Å². The van der Waals surface area contributed by atoms with Gasteiger partial charge in [-0.3, -0.25) is 9.50 Å². The summed E-state index contributed by atoms with van der Waals surface area (Å²) in [4.78, 5) is 5.17. The Morgan fingerprint density at radius 1 is 1.24 bits per heavy atom. The van der Waals surface area contributed by atoms with Crippen LogP contribution in [0.15, 0.2) is 73.6 Å². The maximum Gasteiger partial charge on any atom is 0.147 e. The lowest BCUT2D eigenvalue weighted by Gasteiger charge is -2.38. The maximum absolute atomic E-state index is 6.73. The number of nitrogens with one attached hydrogen (secondary N) is 1. The van der Waals surface area contributed by atoms with E-state index in [0.717, 1.165) is 57.8 Å². The summed E-state index contributed by atoms with van der Waals surface area (Å²) >= 11 is 6.73. The van der Waals surface area contributed by atoms with Gasteiger partial charge in [-0.05, 0) is 55.9 Å². The van der Waals surface area contributed by atoms with Crippen LogP contribution in [-0.4, -0.2) is 19.6 Å². The zero-order chi connectivity index (χ0) is 23.9. The van der Waals surface area contributed by atoms with E-state index < -0.39 is 0 Å². The van der Waals surface area contributed by atoms with E-state index in [1.54, 1.807) is 12.3 Å². The van der Waals surface area contributed by atoms with E-state index in [9.17, 15) is 0 Å². The van der Waals surface area contributed by atoms with Crippen molar-refractivity contribution < 1.29 is 0 Å². The average Bonchev–Trinajstić information content (AvgIpc) is 3.48. The lowest BCUT2D eigenvalue weighted by Crippen LogP contribution is -2.43. The molecule has 3 heterocycles. The predicted octanol–water partition coefficient (Wildman–Crippen LogP) is 6.84. The molecule has 6 heteroatoms.